The smallest absolute Gasteiger partial charge is 0.128 e. The van der Waals surface area contributed by atoms with E-state index in [0.717, 1.165) is 18.9 Å². The summed E-state index contributed by atoms with van der Waals surface area (Å²) >= 11 is 12.3. The Kier molecular flexibility index (Phi) is 5.75. The van der Waals surface area contributed by atoms with E-state index in [1.807, 2.05) is 19.1 Å². The second kappa shape index (κ2) is 8.34. The highest BCUT2D eigenvalue weighted by Gasteiger charge is 2.35. The number of anilines is 2. The Morgan fingerprint density at radius 3 is 2.48 bits per heavy atom. The van der Waals surface area contributed by atoms with Gasteiger partial charge in [0.2, 0.25) is 0 Å². The molecule has 0 unspecified atom stereocenters. The second-order valence-electron chi connectivity index (χ2n) is 7.91. The molecule has 2 aromatic heterocycles. The van der Waals surface area contributed by atoms with Gasteiger partial charge in [0.1, 0.15) is 18.2 Å². The van der Waals surface area contributed by atoms with Crippen molar-refractivity contribution >= 4 is 40.4 Å². The fraction of sp³-hybridized carbons (Fsp3) is 0.227. The number of ether oxygens (including phenoxy) is 1. The molecule has 1 saturated heterocycles. The number of halogens is 2. The van der Waals surface area contributed by atoms with Gasteiger partial charge in [0.25, 0.3) is 0 Å². The number of benzene rings is 1. The Balaban J connectivity index is 1.49. The summed E-state index contributed by atoms with van der Waals surface area (Å²) in [6.45, 7) is 3.70. The van der Waals surface area contributed by atoms with Gasteiger partial charge in [0, 0.05) is 59.6 Å². The van der Waals surface area contributed by atoms with Crippen molar-refractivity contribution in [3.8, 4) is 5.75 Å². The summed E-state index contributed by atoms with van der Waals surface area (Å²) in [5.74, 6) is 1.39. The van der Waals surface area contributed by atoms with Gasteiger partial charge in [0.05, 0.1) is 15.8 Å². The Bertz CT molecular complexity index is 1110. The zero-order valence-corrected chi connectivity index (χ0v) is 18.4. The molecular weight excluding hydrogens is 435 g/mol. The molecule has 0 radical (unpaired) electrons. The van der Waals surface area contributed by atoms with Gasteiger partial charge in [-0.3, -0.25) is 10.4 Å². The van der Waals surface area contributed by atoms with Crippen molar-refractivity contribution < 1.29 is 4.74 Å². The van der Waals surface area contributed by atoms with Crippen LogP contribution in [0.25, 0.3) is 0 Å². The summed E-state index contributed by atoms with van der Waals surface area (Å²) in [6, 6.07) is 8.93. The van der Waals surface area contributed by atoms with E-state index in [4.69, 9.17) is 44.8 Å². The first kappa shape index (κ1) is 21.4. The van der Waals surface area contributed by atoms with Crippen molar-refractivity contribution in [2.45, 2.75) is 19.1 Å². The molecule has 160 valence electrons. The van der Waals surface area contributed by atoms with Crippen LogP contribution in [0.15, 0.2) is 48.9 Å². The fourth-order valence-corrected chi connectivity index (χ4v) is 3.91. The quantitative estimate of drug-likeness (QED) is 0.382. The van der Waals surface area contributed by atoms with E-state index in [0.29, 0.717) is 38.2 Å². The predicted molar refractivity (Wildman–Crippen MR) is 124 cm³/mol. The molecule has 1 aliphatic heterocycles. The van der Waals surface area contributed by atoms with Gasteiger partial charge in [-0.05, 0) is 37.3 Å². The van der Waals surface area contributed by atoms with E-state index < -0.39 is 0 Å². The maximum absolute atomic E-state index is 8.61. The first-order valence-corrected chi connectivity index (χ1v) is 10.4. The minimum absolute atomic E-state index is 0.170. The minimum atomic E-state index is -0.174. The summed E-state index contributed by atoms with van der Waals surface area (Å²) in [7, 11) is 0. The lowest BCUT2D eigenvalue weighted by atomic mass is 9.94. The zero-order chi connectivity index (χ0) is 22.2. The fourth-order valence-electron chi connectivity index (χ4n) is 3.44. The first-order valence-electron chi connectivity index (χ1n) is 9.63. The van der Waals surface area contributed by atoms with Crippen LogP contribution in [0.1, 0.15) is 23.6 Å². The van der Waals surface area contributed by atoms with Crippen molar-refractivity contribution in [3.05, 3.63) is 75.7 Å². The van der Waals surface area contributed by atoms with Crippen LogP contribution in [0.5, 0.6) is 5.75 Å². The van der Waals surface area contributed by atoms with E-state index in [-0.39, 0.29) is 17.9 Å². The molecule has 1 aromatic carbocycles. The topological polar surface area (TPSA) is 114 Å². The number of pyridine rings is 2. The van der Waals surface area contributed by atoms with Gasteiger partial charge < -0.3 is 21.1 Å². The Morgan fingerprint density at radius 2 is 1.87 bits per heavy atom. The third-order valence-corrected chi connectivity index (χ3v) is 5.75. The van der Waals surface area contributed by atoms with Crippen molar-refractivity contribution in [1.29, 1.82) is 5.41 Å². The maximum atomic E-state index is 8.61. The van der Waals surface area contributed by atoms with Gasteiger partial charge in [-0.2, -0.15) is 0 Å². The third-order valence-electron chi connectivity index (χ3n) is 5.09. The van der Waals surface area contributed by atoms with E-state index >= 15 is 0 Å². The average molecular weight is 457 g/mol. The number of nitrogens with two attached hydrogens (primary N) is 2. The monoisotopic (exact) mass is 456 g/mol. The molecule has 3 aromatic rings. The molecule has 0 atom stereocenters. The normalized spacial score (nSPS) is 14.8. The van der Waals surface area contributed by atoms with Gasteiger partial charge >= 0.3 is 0 Å². The van der Waals surface area contributed by atoms with Crippen molar-refractivity contribution in [2.75, 3.05) is 23.7 Å². The van der Waals surface area contributed by atoms with Gasteiger partial charge in [-0.15, -0.1) is 0 Å². The van der Waals surface area contributed by atoms with Crippen LogP contribution in [0.4, 0.5) is 11.5 Å². The van der Waals surface area contributed by atoms with E-state index in [1.54, 1.807) is 24.4 Å². The predicted octanol–water partition coefficient (Wildman–Crippen LogP) is 3.90. The van der Waals surface area contributed by atoms with Crippen molar-refractivity contribution in [3.63, 3.8) is 0 Å². The number of nitrogen functional groups attached to an aromatic ring is 1. The lowest BCUT2D eigenvalue weighted by molar-refractivity contribution is 0.306. The lowest BCUT2D eigenvalue weighted by Crippen LogP contribution is -2.65. The Morgan fingerprint density at radius 1 is 1.16 bits per heavy atom. The number of nitrogens with zero attached hydrogens (tertiary/aromatic N) is 3. The SMILES string of the molecule is CC1(N)CN(c2ccc(C(=N)c3cc(OCc4c(Cl)cncc4Cl)ccc3N)cn2)C1. The molecule has 9 heteroatoms. The second-order valence-corrected chi connectivity index (χ2v) is 8.72. The van der Waals surface area contributed by atoms with Crippen LogP contribution in [0.2, 0.25) is 10.0 Å². The van der Waals surface area contributed by atoms with Gasteiger partial charge in [-0.1, -0.05) is 23.2 Å². The summed E-state index contributed by atoms with van der Waals surface area (Å²) in [5, 5.41) is 9.47. The number of nitrogens with one attached hydrogen (secondary N) is 1. The Hall–Kier alpha value is -2.87. The molecule has 0 aliphatic carbocycles. The van der Waals surface area contributed by atoms with Gasteiger partial charge in [0.15, 0.2) is 0 Å². The third kappa shape index (κ3) is 4.58. The van der Waals surface area contributed by atoms with Gasteiger partial charge in [-0.25, -0.2) is 4.98 Å². The number of hydrogen-bond donors (Lipinski definition) is 3. The largest absolute Gasteiger partial charge is 0.489 e. The molecule has 5 N–H and O–H groups in total. The highest BCUT2D eigenvalue weighted by Crippen LogP contribution is 2.28. The van der Waals surface area contributed by atoms with E-state index in [1.165, 1.54) is 12.4 Å². The summed E-state index contributed by atoms with van der Waals surface area (Å²) in [6.07, 6.45) is 4.70. The molecule has 0 spiro atoms. The van der Waals surface area contributed by atoms with Crippen molar-refractivity contribution in [2.24, 2.45) is 5.73 Å². The molecule has 7 nitrogen and oxygen atoms in total. The molecular formula is C22H22Cl2N6O. The van der Waals surface area contributed by atoms with Crippen LogP contribution >= 0.6 is 23.2 Å². The number of hydrogen-bond acceptors (Lipinski definition) is 7. The number of aromatic nitrogens is 2. The van der Waals surface area contributed by atoms with Crippen LogP contribution in [-0.4, -0.2) is 34.3 Å². The zero-order valence-electron chi connectivity index (χ0n) is 16.9. The summed E-state index contributed by atoms with van der Waals surface area (Å²) in [5.41, 5.74) is 14.6. The average Bonchev–Trinajstić information content (AvgIpc) is 2.72. The molecule has 0 saturated carbocycles. The molecule has 0 amide bonds. The molecule has 31 heavy (non-hydrogen) atoms. The molecule has 0 bridgehead atoms. The van der Waals surface area contributed by atoms with Crippen LogP contribution < -0.4 is 21.1 Å². The standard InChI is InChI=1S/C22H22Cl2N6O/c1-22(27)11-30(12-22)20-5-2-13(7-29-20)21(26)15-6-14(3-4-19(15)25)31-10-16-17(23)8-28-9-18(16)24/h2-9,26H,10-12,25,27H2,1H3. The Labute approximate surface area is 190 Å². The molecule has 4 rings (SSSR count). The van der Waals surface area contributed by atoms with Crippen LogP contribution in [0, 0.1) is 5.41 Å². The highest BCUT2D eigenvalue weighted by molar-refractivity contribution is 6.35. The summed E-state index contributed by atoms with van der Waals surface area (Å²) in [4.78, 5) is 10.5. The van der Waals surface area contributed by atoms with E-state index in [9.17, 15) is 0 Å². The molecule has 1 aliphatic rings. The van der Waals surface area contributed by atoms with Crippen LogP contribution in [-0.2, 0) is 6.61 Å². The highest BCUT2D eigenvalue weighted by atomic mass is 35.5. The summed E-state index contributed by atoms with van der Waals surface area (Å²) < 4.78 is 5.84. The lowest BCUT2D eigenvalue weighted by Gasteiger charge is -2.46. The molecule has 3 heterocycles. The first-order chi connectivity index (χ1) is 14.7. The van der Waals surface area contributed by atoms with Crippen LogP contribution in [0.3, 0.4) is 0 Å². The van der Waals surface area contributed by atoms with Crippen molar-refractivity contribution in [1.82, 2.24) is 9.97 Å². The minimum Gasteiger partial charge on any atom is -0.489 e. The van der Waals surface area contributed by atoms with E-state index in [2.05, 4.69) is 14.9 Å². The number of rotatable bonds is 6. The molecule has 1 fully saturated rings. The maximum Gasteiger partial charge on any atom is 0.128 e.